The fourth-order valence-electron chi connectivity index (χ4n) is 0.748. The second-order valence-corrected chi connectivity index (χ2v) is 2.06. The SMILES string of the molecule is CCc1cnn(CC#N)c1. The minimum Gasteiger partial charge on any atom is -0.258 e. The summed E-state index contributed by atoms with van der Waals surface area (Å²) in [6.07, 6.45) is 4.66. The molecule has 10 heavy (non-hydrogen) atoms. The van der Waals surface area contributed by atoms with Crippen LogP contribution < -0.4 is 0 Å². The van der Waals surface area contributed by atoms with E-state index in [0.717, 1.165) is 6.42 Å². The number of rotatable bonds is 2. The number of aromatic nitrogens is 2. The predicted octanol–water partition coefficient (Wildman–Crippen LogP) is 0.969. The molecule has 0 aliphatic rings. The van der Waals surface area contributed by atoms with Crippen molar-refractivity contribution in [1.82, 2.24) is 9.78 Å². The highest BCUT2D eigenvalue weighted by Gasteiger charge is 1.92. The van der Waals surface area contributed by atoms with E-state index in [0.29, 0.717) is 6.54 Å². The highest BCUT2D eigenvalue weighted by atomic mass is 15.3. The van der Waals surface area contributed by atoms with Crippen molar-refractivity contribution in [3.8, 4) is 6.07 Å². The van der Waals surface area contributed by atoms with Gasteiger partial charge in [-0.05, 0) is 12.0 Å². The van der Waals surface area contributed by atoms with Crippen molar-refractivity contribution in [1.29, 1.82) is 5.26 Å². The summed E-state index contributed by atoms with van der Waals surface area (Å²) in [6, 6.07) is 2.02. The van der Waals surface area contributed by atoms with Crippen molar-refractivity contribution in [3.63, 3.8) is 0 Å². The van der Waals surface area contributed by atoms with Crippen LogP contribution in [0.5, 0.6) is 0 Å². The first kappa shape index (κ1) is 6.81. The summed E-state index contributed by atoms with van der Waals surface area (Å²) in [5.74, 6) is 0. The van der Waals surface area contributed by atoms with E-state index in [-0.39, 0.29) is 0 Å². The fraction of sp³-hybridized carbons (Fsp3) is 0.429. The molecule has 0 aliphatic carbocycles. The number of nitriles is 1. The van der Waals surface area contributed by atoms with Crippen LogP contribution in [0, 0.1) is 11.3 Å². The summed E-state index contributed by atoms with van der Waals surface area (Å²) in [4.78, 5) is 0. The number of hydrogen-bond donors (Lipinski definition) is 0. The van der Waals surface area contributed by atoms with Crippen molar-refractivity contribution in [3.05, 3.63) is 18.0 Å². The van der Waals surface area contributed by atoms with E-state index in [1.165, 1.54) is 5.56 Å². The molecule has 1 aromatic rings. The Bertz CT molecular complexity index is 244. The van der Waals surface area contributed by atoms with E-state index in [4.69, 9.17) is 5.26 Å². The molecule has 0 aromatic carbocycles. The van der Waals surface area contributed by atoms with Crippen LogP contribution in [-0.4, -0.2) is 9.78 Å². The molecule has 1 aromatic heterocycles. The molecule has 0 saturated carbocycles. The molecule has 1 heterocycles. The van der Waals surface area contributed by atoms with Crippen LogP contribution in [0.1, 0.15) is 12.5 Å². The fourth-order valence-corrected chi connectivity index (χ4v) is 0.748. The molecule has 0 saturated heterocycles. The lowest BCUT2D eigenvalue weighted by atomic mass is 10.3. The van der Waals surface area contributed by atoms with Crippen LogP contribution in [0.3, 0.4) is 0 Å². The van der Waals surface area contributed by atoms with Gasteiger partial charge in [-0.2, -0.15) is 10.4 Å². The zero-order chi connectivity index (χ0) is 7.40. The third-order valence-corrected chi connectivity index (χ3v) is 1.33. The maximum Gasteiger partial charge on any atom is 0.128 e. The average Bonchev–Trinajstić information content (AvgIpc) is 2.37. The van der Waals surface area contributed by atoms with Gasteiger partial charge >= 0.3 is 0 Å². The molecule has 3 heteroatoms. The highest BCUT2D eigenvalue weighted by Crippen LogP contribution is 1.96. The van der Waals surface area contributed by atoms with Crippen LogP contribution >= 0.6 is 0 Å². The van der Waals surface area contributed by atoms with Crippen molar-refractivity contribution >= 4 is 0 Å². The Balaban J connectivity index is 2.70. The van der Waals surface area contributed by atoms with Gasteiger partial charge in [-0.3, -0.25) is 4.68 Å². The van der Waals surface area contributed by atoms with E-state index in [1.54, 1.807) is 10.9 Å². The molecule has 0 spiro atoms. The Morgan fingerprint density at radius 2 is 2.60 bits per heavy atom. The van der Waals surface area contributed by atoms with Crippen molar-refractivity contribution < 1.29 is 0 Å². The summed E-state index contributed by atoms with van der Waals surface area (Å²) in [6.45, 7) is 2.41. The monoisotopic (exact) mass is 135 g/mol. The van der Waals surface area contributed by atoms with Crippen molar-refractivity contribution in [2.75, 3.05) is 0 Å². The van der Waals surface area contributed by atoms with E-state index < -0.39 is 0 Å². The van der Waals surface area contributed by atoms with Crippen LogP contribution in [0.15, 0.2) is 12.4 Å². The average molecular weight is 135 g/mol. The van der Waals surface area contributed by atoms with Gasteiger partial charge in [-0.25, -0.2) is 0 Å². The Kier molecular flexibility index (Phi) is 2.06. The Morgan fingerprint density at radius 3 is 3.10 bits per heavy atom. The van der Waals surface area contributed by atoms with Gasteiger partial charge in [0.2, 0.25) is 0 Å². The van der Waals surface area contributed by atoms with Gasteiger partial charge in [0.05, 0.1) is 12.3 Å². The Morgan fingerprint density at radius 1 is 1.80 bits per heavy atom. The molecule has 0 radical (unpaired) electrons. The first-order valence-electron chi connectivity index (χ1n) is 3.25. The molecule has 0 amide bonds. The second kappa shape index (κ2) is 3.02. The van der Waals surface area contributed by atoms with E-state index in [1.807, 2.05) is 12.3 Å². The summed E-state index contributed by atoms with van der Waals surface area (Å²) >= 11 is 0. The molecule has 1 rings (SSSR count). The Hall–Kier alpha value is -1.30. The maximum atomic E-state index is 8.29. The first-order chi connectivity index (χ1) is 4.86. The third kappa shape index (κ3) is 1.35. The third-order valence-electron chi connectivity index (χ3n) is 1.33. The zero-order valence-electron chi connectivity index (χ0n) is 5.91. The lowest BCUT2D eigenvalue weighted by molar-refractivity contribution is 0.709. The van der Waals surface area contributed by atoms with E-state index in [9.17, 15) is 0 Å². The standard InChI is InChI=1S/C7H9N3/c1-2-7-5-9-10(6-7)4-3-8/h5-6H,2,4H2,1H3. The van der Waals surface area contributed by atoms with Gasteiger partial charge in [0, 0.05) is 6.20 Å². The zero-order valence-corrected chi connectivity index (χ0v) is 5.91. The molecule has 52 valence electrons. The van der Waals surface area contributed by atoms with Gasteiger partial charge in [-0.1, -0.05) is 6.92 Å². The molecule has 0 N–H and O–H groups in total. The number of hydrogen-bond acceptors (Lipinski definition) is 2. The summed E-state index contributed by atoms with van der Waals surface area (Å²) in [5.41, 5.74) is 1.18. The lowest BCUT2D eigenvalue weighted by Crippen LogP contribution is -1.94. The summed E-state index contributed by atoms with van der Waals surface area (Å²) in [7, 11) is 0. The van der Waals surface area contributed by atoms with Gasteiger partial charge in [-0.15, -0.1) is 0 Å². The number of aryl methyl sites for hydroxylation is 1. The van der Waals surface area contributed by atoms with Gasteiger partial charge < -0.3 is 0 Å². The number of nitrogens with zero attached hydrogens (tertiary/aromatic N) is 3. The largest absolute Gasteiger partial charge is 0.258 e. The highest BCUT2D eigenvalue weighted by molar-refractivity contribution is 5.03. The summed E-state index contributed by atoms with van der Waals surface area (Å²) in [5, 5.41) is 12.3. The minimum absolute atomic E-state index is 0.347. The minimum atomic E-state index is 0.347. The van der Waals surface area contributed by atoms with Crippen molar-refractivity contribution in [2.24, 2.45) is 0 Å². The van der Waals surface area contributed by atoms with Crippen LogP contribution in [-0.2, 0) is 13.0 Å². The lowest BCUT2D eigenvalue weighted by Gasteiger charge is -1.87. The van der Waals surface area contributed by atoms with E-state index in [2.05, 4.69) is 12.0 Å². The normalized spacial score (nSPS) is 9.20. The smallest absolute Gasteiger partial charge is 0.128 e. The van der Waals surface area contributed by atoms with Crippen LogP contribution in [0.2, 0.25) is 0 Å². The van der Waals surface area contributed by atoms with E-state index >= 15 is 0 Å². The summed E-state index contributed by atoms with van der Waals surface area (Å²) < 4.78 is 1.64. The predicted molar refractivity (Wildman–Crippen MR) is 37.2 cm³/mol. The topological polar surface area (TPSA) is 41.6 Å². The van der Waals surface area contributed by atoms with Gasteiger partial charge in [0.15, 0.2) is 0 Å². The molecule has 0 atom stereocenters. The van der Waals surface area contributed by atoms with Crippen molar-refractivity contribution in [2.45, 2.75) is 19.9 Å². The molecular formula is C7H9N3. The molecule has 0 unspecified atom stereocenters. The second-order valence-electron chi connectivity index (χ2n) is 2.06. The Labute approximate surface area is 59.9 Å². The first-order valence-corrected chi connectivity index (χ1v) is 3.25. The molecule has 3 nitrogen and oxygen atoms in total. The van der Waals surface area contributed by atoms with Crippen LogP contribution in [0.25, 0.3) is 0 Å². The molecular weight excluding hydrogens is 126 g/mol. The maximum absolute atomic E-state index is 8.29. The molecule has 0 fully saturated rings. The molecule has 0 bridgehead atoms. The van der Waals surface area contributed by atoms with Gasteiger partial charge in [0.1, 0.15) is 6.54 Å². The van der Waals surface area contributed by atoms with Crippen LogP contribution in [0.4, 0.5) is 0 Å². The van der Waals surface area contributed by atoms with Gasteiger partial charge in [0.25, 0.3) is 0 Å². The molecule has 0 aliphatic heterocycles. The quantitative estimate of drug-likeness (QED) is 0.606.